The SMILES string of the molecule is CCCCCCCCCCCCCCCCCCCCCCCCCC(=O)OC(COC(=O)CCCCCCC)COP(=O)(O)OCC(N)C(=O)O. The highest BCUT2D eigenvalue weighted by Crippen LogP contribution is 2.43. The Hall–Kier alpha value is -1.52. The van der Waals surface area contributed by atoms with Crippen LogP contribution < -0.4 is 5.73 Å². The van der Waals surface area contributed by atoms with Crippen LogP contribution in [0.3, 0.4) is 0 Å². The molecule has 4 N–H and O–H groups in total. The minimum absolute atomic E-state index is 0.168. The molecule has 0 rings (SSSR count). The smallest absolute Gasteiger partial charge is 0.472 e. The van der Waals surface area contributed by atoms with Gasteiger partial charge in [0.15, 0.2) is 6.10 Å². The maximum atomic E-state index is 12.5. The predicted octanol–water partition coefficient (Wildman–Crippen LogP) is 10.7. The first-order chi connectivity index (χ1) is 25.1. The van der Waals surface area contributed by atoms with Crippen LogP contribution >= 0.6 is 7.82 Å². The summed E-state index contributed by atoms with van der Waals surface area (Å²) in [5.41, 5.74) is 5.30. The van der Waals surface area contributed by atoms with E-state index in [1.165, 1.54) is 122 Å². The standard InChI is InChI=1S/C40H78NO10P/c1-3-5-7-9-10-11-12-13-14-15-16-17-18-19-20-21-22-23-24-25-26-28-30-32-39(43)51-36(33-48-38(42)31-29-27-8-6-4-2)34-49-52(46,47)50-35-37(41)40(44)45/h36-37H,3-35,41H2,1-2H3,(H,44,45)(H,46,47). The lowest BCUT2D eigenvalue weighted by Gasteiger charge is -2.20. The lowest BCUT2D eigenvalue weighted by molar-refractivity contribution is -0.161. The van der Waals surface area contributed by atoms with Gasteiger partial charge in [-0.05, 0) is 12.8 Å². The number of phosphoric acid groups is 1. The Morgan fingerprint density at radius 1 is 0.519 bits per heavy atom. The van der Waals surface area contributed by atoms with E-state index in [0.29, 0.717) is 12.8 Å². The number of esters is 2. The van der Waals surface area contributed by atoms with E-state index in [-0.39, 0.29) is 19.4 Å². The van der Waals surface area contributed by atoms with Gasteiger partial charge in [-0.3, -0.25) is 23.4 Å². The highest BCUT2D eigenvalue weighted by molar-refractivity contribution is 7.47. The number of hydrogen-bond acceptors (Lipinski definition) is 9. The van der Waals surface area contributed by atoms with Gasteiger partial charge in [-0.1, -0.05) is 181 Å². The van der Waals surface area contributed by atoms with Crippen LogP contribution in [0.2, 0.25) is 0 Å². The van der Waals surface area contributed by atoms with Crippen molar-refractivity contribution in [3.8, 4) is 0 Å². The molecular formula is C40H78NO10P. The Balaban J connectivity index is 4.04. The molecule has 0 fully saturated rings. The molecule has 0 bridgehead atoms. The molecule has 308 valence electrons. The maximum absolute atomic E-state index is 12.5. The van der Waals surface area contributed by atoms with Crippen molar-refractivity contribution in [2.75, 3.05) is 19.8 Å². The number of hydrogen-bond donors (Lipinski definition) is 3. The van der Waals surface area contributed by atoms with Crippen molar-refractivity contribution in [1.29, 1.82) is 0 Å². The van der Waals surface area contributed by atoms with Gasteiger partial charge in [0, 0.05) is 12.8 Å². The van der Waals surface area contributed by atoms with Crippen molar-refractivity contribution in [2.45, 2.75) is 219 Å². The first-order valence-electron chi connectivity index (χ1n) is 21.1. The summed E-state index contributed by atoms with van der Waals surface area (Å²) in [6, 6.07) is -1.51. The number of aliphatic carboxylic acids is 1. The number of unbranched alkanes of at least 4 members (excludes halogenated alkanes) is 26. The normalized spacial score (nSPS) is 13.8. The summed E-state index contributed by atoms with van der Waals surface area (Å²) in [7, 11) is -4.70. The summed E-state index contributed by atoms with van der Waals surface area (Å²) < 4.78 is 32.4. The Kier molecular flexibility index (Phi) is 35.4. The van der Waals surface area contributed by atoms with Crippen LogP contribution in [-0.2, 0) is 37.5 Å². The number of phosphoric ester groups is 1. The van der Waals surface area contributed by atoms with E-state index in [0.717, 1.165) is 44.9 Å². The lowest BCUT2D eigenvalue weighted by atomic mass is 10.0. The molecule has 0 amide bonds. The molecule has 12 heteroatoms. The third-order valence-corrected chi connectivity index (χ3v) is 10.3. The molecule has 0 spiro atoms. The number of carbonyl (C=O) groups excluding carboxylic acids is 2. The van der Waals surface area contributed by atoms with E-state index in [4.69, 9.17) is 24.8 Å². The Labute approximate surface area is 316 Å². The van der Waals surface area contributed by atoms with E-state index >= 15 is 0 Å². The zero-order chi connectivity index (χ0) is 38.5. The third-order valence-electron chi connectivity index (χ3n) is 9.36. The fourth-order valence-corrected chi connectivity index (χ4v) is 6.79. The number of nitrogens with two attached hydrogens (primary N) is 1. The number of rotatable bonds is 40. The highest BCUT2D eigenvalue weighted by Gasteiger charge is 2.28. The van der Waals surface area contributed by atoms with Gasteiger partial charge in [-0.25, -0.2) is 4.57 Å². The monoisotopic (exact) mass is 764 g/mol. The molecule has 0 aliphatic rings. The van der Waals surface area contributed by atoms with Gasteiger partial charge in [-0.15, -0.1) is 0 Å². The largest absolute Gasteiger partial charge is 0.480 e. The van der Waals surface area contributed by atoms with E-state index in [2.05, 4.69) is 18.4 Å². The summed E-state index contributed by atoms with van der Waals surface area (Å²) >= 11 is 0. The number of ether oxygens (including phenoxy) is 2. The zero-order valence-corrected chi connectivity index (χ0v) is 34.1. The molecule has 0 radical (unpaired) electrons. The van der Waals surface area contributed by atoms with Crippen LogP contribution in [-0.4, -0.2) is 59.9 Å². The van der Waals surface area contributed by atoms with Gasteiger partial charge >= 0.3 is 25.7 Å². The minimum atomic E-state index is -4.70. The van der Waals surface area contributed by atoms with Crippen molar-refractivity contribution in [1.82, 2.24) is 0 Å². The van der Waals surface area contributed by atoms with E-state index in [9.17, 15) is 23.8 Å². The molecule has 0 aliphatic carbocycles. The van der Waals surface area contributed by atoms with Crippen molar-refractivity contribution in [3.63, 3.8) is 0 Å². The summed E-state index contributed by atoms with van der Waals surface area (Å²) in [5, 5.41) is 8.84. The van der Waals surface area contributed by atoms with Gasteiger partial charge in [-0.2, -0.15) is 0 Å². The van der Waals surface area contributed by atoms with Gasteiger partial charge in [0.25, 0.3) is 0 Å². The van der Waals surface area contributed by atoms with E-state index in [1.54, 1.807) is 0 Å². The lowest BCUT2D eigenvalue weighted by Crippen LogP contribution is -2.34. The van der Waals surface area contributed by atoms with Crippen LogP contribution in [0.1, 0.15) is 206 Å². The number of carboxylic acids is 1. The molecule has 3 atom stereocenters. The van der Waals surface area contributed by atoms with E-state index < -0.39 is 51.1 Å². The fraction of sp³-hybridized carbons (Fsp3) is 0.925. The van der Waals surface area contributed by atoms with Crippen molar-refractivity contribution in [2.24, 2.45) is 5.73 Å². The average molecular weight is 764 g/mol. The Bertz CT molecular complexity index is 906. The molecule has 0 aromatic heterocycles. The quantitative estimate of drug-likeness (QED) is 0.0308. The topological polar surface area (TPSA) is 172 Å². The summed E-state index contributed by atoms with van der Waals surface area (Å²) in [4.78, 5) is 45.5. The van der Waals surface area contributed by atoms with Crippen molar-refractivity contribution in [3.05, 3.63) is 0 Å². The molecule has 52 heavy (non-hydrogen) atoms. The molecule has 0 saturated heterocycles. The molecule has 3 unspecified atom stereocenters. The molecule has 0 aromatic rings. The second-order valence-corrected chi connectivity index (χ2v) is 15.9. The van der Waals surface area contributed by atoms with Crippen molar-refractivity contribution >= 4 is 25.7 Å². The van der Waals surface area contributed by atoms with Crippen LogP contribution in [0.15, 0.2) is 0 Å². The molecule has 0 aliphatic heterocycles. The summed E-state index contributed by atoms with van der Waals surface area (Å²) in [5.74, 6) is -2.38. The molecule has 0 saturated carbocycles. The highest BCUT2D eigenvalue weighted by atomic mass is 31.2. The van der Waals surface area contributed by atoms with Crippen LogP contribution in [0.4, 0.5) is 0 Å². The second kappa shape index (κ2) is 36.5. The predicted molar refractivity (Wildman–Crippen MR) is 208 cm³/mol. The first kappa shape index (κ1) is 50.5. The molecular weight excluding hydrogens is 685 g/mol. The Morgan fingerprint density at radius 3 is 1.21 bits per heavy atom. The van der Waals surface area contributed by atoms with Gasteiger partial charge in [0.2, 0.25) is 0 Å². The molecule has 0 aromatic carbocycles. The van der Waals surface area contributed by atoms with Gasteiger partial charge < -0.3 is 25.2 Å². The van der Waals surface area contributed by atoms with Gasteiger partial charge in [0.1, 0.15) is 12.6 Å². The number of carboxylic acid groups (broad SMARTS) is 1. The molecule has 11 nitrogen and oxygen atoms in total. The minimum Gasteiger partial charge on any atom is -0.480 e. The summed E-state index contributed by atoms with van der Waals surface area (Å²) in [6.45, 7) is 2.72. The third kappa shape index (κ3) is 35.5. The van der Waals surface area contributed by atoms with Crippen LogP contribution in [0, 0.1) is 0 Å². The van der Waals surface area contributed by atoms with Crippen molar-refractivity contribution < 1.29 is 47.5 Å². The van der Waals surface area contributed by atoms with Crippen LogP contribution in [0.25, 0.3) is 0 Å². The molecule has 0 heterocycles. The fourth-order valence-electron chi connectivity index (χ4n) is 6.01. The van der Waals surface area contributed by atoms with E-state index in [1.807, 2.05) is 0 Å². The second-order valence-electron chi connectivity index (χ2n) is 14.5. The maximum Gasteiger partial charge on any atom is 0.472 e. The first-order valence-corrected chi connectivity index (χ1v) is 22.6. The van der Waals surface area contributed by atoms with Gasteiger partial charge in [0.05, 0.1) is 13.2 Å². The number of carbonyl (C=O) groups is 3. The summed E-state index contributed by atoms with van der Waals surface area (Å²) in [6.07, 6.45) is 33.8. The average Bonchev–Trinajstić information content (AvgIpc) is 3.11. The Morgan fingerprint density at radius 2 is 0.846 bits per heavy atom. The van der Waals surface area contributed by atoms with Crippen LogP contribution in [0.5, 0.6) is 0 Å². The zero-order valence-electron chi connectivity index (χ0n) is 33.2.